The van der Waals surface area contributed by atoms with E-state index in [2.05, 4.69) is 58.7 Å². The standard InChI is InChI=1S/C22H25FN4/c1-15(2)18-6-10-20(11-7-18)26-21-14-16(3)25-22(27-21)24-13-12-17-4-8-19(23)9-5-17/h4-11,14-15H,12-13H2,1-3H3,(H2,24,25,26,27). The van der Waals surface area contributed by atoms with Crippen molar-refractivity contribution in [3.8, 4) is 0 Å². The van der Waals surface area contributed by atoms with E-state index in [0.29, 0.717) is 18.4 Å². The Balaban J connectivity index is 1.62. The average Bonchev–Trinajstić information content (AvgIpc) is 2.63. The molecule has 0 amide bonds. The molecule has 0 aliphatic heterocycles. The number of hydrogen-bond donors (Lipinski definition) is 2. The van der Waals surface area contributed by atoms with Gasteiger partial charge in [0.15, 0.2) is 0 Å². The van der Waals surface area contributed by atoms with E-state index in [1.165, 1.54) is 17.7 Å². The Morgan fingerprint density at radius 2 is 1.67 bits per heavy atom. The van der Waals surface area contributed by atoms with Gasteiger partial charge in [-0.1, -0.05) is 38.1 Å². The van der Waals surface area contributed by atoms with Crippen molar-refractivity contribution in [1.29, 1.82) is 0 Å². The zero-order chi connectivity index (χ0) is 19.2. The summed E-state index contributed by atoms with van der Waals surface area (Å²) >= 11 is 0. The maximum absolute atomic E-state index is 13.0. The molecule has 0 aliphatic carbocycles. The number of hydrogen-bond acceptors (Lipinski definition) is 4. The van der Waals surface area contributed by atoms with Crippen molar-refractivity contribution in [2.75, 3.05) is 17.2 Å². The zero-order valence-electron chi connectivity index (χ0n) is 16.0. The van der Waals surface area contributed by atoms with Gasteiger partial charge in [-0.3, -0.25) is 0 Å². The van der Waals surface area contributed by atoms with Crippen molar-refractivity contribution in [2.45, 2.75) is 33.1 Å². The van der Waals surface area contributed by atoms with E-state index in [9.17, 15) is 4.39 Å². The van der Waals surface area contributed by atoms with Crippen molar-refractivity contribution < 1.29 is 4.39 Å². The van der Waals surface area contributed by atoms with Crippen molar-refractivity contribution in [1.82, 2.24) is 9.97 Å². The van der Waals surface area contributed by atoms with Crippen LogP contribution in [0, 0.1) is 12.7 Å². The van der Waals surface area contributed by atoms with Gasteiger partial charge in [-0.25, -0.2) is 9.37 Å². The Morgan fingerprint density at radius 3 is 2.33 bits per heavy atom. The molecule has 0 radical (unpaired) electrons. The number of aromatic nitrogens is 2. The van der Waals surface area contributed by atoms with Gasteiger partial charge in [0, 0.05) is 24.0 Å². The summed E-state index contributed by atoms with van der Waals surface area (Å²) in [6.07, 6.45) is 0.775. The number of aryl methyl sites for hydroxylation is 1. The van der Waals surface area contributed by atoms with Gasteiger partial charge >= 0.3 is 0 Å². The second-order valence-corrected chi connectivity index (χ2v) is 6.92. The Morgan fingerprint density at radius 1 is 0.963 bits per heavy atom. The molecule has 4 nitrogen and oxygen atoms in total. The van der Waals surface area contributed by atoms with Crippen molar-refractivity contribution in [3.05, 3.63) is 77.2 Å². The van der Waals surface area contributed by atoms with Gasteiger partial charge in [0.05, 0.1) is 0 Å². The molecule has 2 aromatic carbocycles. The molecule has 1 heterocycles. The minimum atomic E-state index is -0.217. The SMILES string of the molecule is Cc1cc(Nc2ccc(C(C)C)cc2)nc(NCCc2ccc(F)cc2)n1. The number of nitrogens with one attached hydrogen (secondary N) is 2. The van der Waals surface area contributed by atoms with Crippen LogP contribution in [0.1, 0.15) is 36.6 Å². The van der Waals surface area contributed by atoms with Gasteiger partial charge in [0.25, 0.3) is 0 Å². The number of rotatable bonds is 7. The highest BCUT2D eigenvalue weighted by atomic mass is 19.1. The second kappa shape index (κ2) is 8.62. The van der Waals surface area contributed by atoms with Gasteiger partial charge in [0.1, 0.15) is 11.6 Å². The Hall–Kier alpha value is -2.95. The quantitative estimate of drug-likeness (QED) is 0.586. The molecule has 0 saturated heterocycles. The molecule has 2 N–H and O–H groups in total. The van der Waals surface area contributed by atoms with Gasteiger partial charge in [-0.15, -0.1) is 0 Å². The number of anilines is 3. The molecule has 27 heavy (non-hydrogen) atoms. The zero-order valence-corrected chi connectivity index (χ0v) is 16.0. The molecule has 0 bridgehead atoms. The summed E-state index contributed by atoms with van der Waals surface area (Å²) in [4.78, 5) is 8.97. The molecule has 0 atom stereocenters. The third-order valence-electron chi connectivity index (χ3n) is 4.31. The van der Waals surface area contributed by atoms with E-state index >= 15 is 0 Å². The highest BCUT2D eigenvalue weighted by Gasteiger charge is 2.04. The fourth-order valence-corrected chi connectivity index (χ4v) is 2.78. The van der Waals surface area contributed by atoms with Crippen LogP contribution in [0.2, 0.25) is 0 Å². The third-order valence-corrected chi connectivity index (χ3v) is 4.31. The van der Waals surface area contributed by atoms with Crippen LogP contribution >= 0.6 is 0 Å². The molecule has 0 spiro atoms. The van der Waals surface area contributed by atoms with Gasteiger partial charge in [-0.2, -0.15) is 4.98 Å². The summed E-state index contributed by atoms with van der Waals surface area (Å²) in [5.74, 6) is 1.63. The fraction of sp³-hybridized carbons (Fsp3) is 0.273. The van der Waals surface area contributed by atoms with E-state index in [1.807, 2.05) is 13.0 Å². The van der Waals surface area contributed by atoms with Crippen LogP contribution < -0.4 is 10.6 Å². The van der Waals surface area contributed by atoms with E-state index < -0.39 is 0 Å². The van der Waals surface area contributed by atoms with Crippen LogP contribution in [-0.2, 0) is 6.42 Å². The Kier molecular flexibility index (Phi) is 6.01. The molecule has 1 aromatic heterocycles. The van der Waals surface area contributed by atoms with E-state index in [-0.39, 0.29) is 5.82 Å². The molecule has 3 rings (SSSR count). The number of halogens is 1. The smallest absolute Gasteiger partial charge is 0.224 e. The Bertz CT molecular complexity index is 874. The second-order valence-electron chi connectivity index (χ2n) is 6.92. The molecule has 0 saturated carbocycles. The van der Waals surface area contributed by atoms with Gasteiger partial charge in [0.2, 0.25) is 5.95 Å². The van der Waals surface area contributed by atoms with E-state index in [4.69, 9.17) is 0 Å². The van der Waals surface area contributed by atoms with Crippen LogP contribution in [0.3, 0.4) is 0 Å². The van der Waals surface area contributed by atoms with Gasteiger partial charge in [-0.05, 0) is 54.7 Å². The lowest BCUT2D eigenvalue weighted by molar-refractivity contribution is 0.627. The maximum atomic E-state index is 13.0. The van der Waals surface area contributed by atoms with Crippen LogP contribution in [-0.4, -0.2) is 16.5 Å². The summed E-state index contributed by atoms with van der Waals surface area (Å²) in [6, 6.07) is 16.8. The number of benzene rings is 2. The minimum absolute atomic E-state index is 0.217. The molecular weight excluding hydrogens is 339 g/mol. The lowest BCUT2D eigenvalue weighted by Crippen LogP contribution is -2.09. The number of nitrogens with zero attached hydrogens (tertiary/aromatic N) is 2. The van der Waals surface area contributed by atoms with E-state index in [0.717, 1.165) is 29.2 Å². The topological polar surface area (TPSA) is 49.8 Å². The molecule has 0 unspecified atom stereocenters. The first-order valence-electron chi connectivity index (χ1n) is 9.20. The fourth-order valence-electron chi connectivity index (χ4n) is 2.78. The van der Waals surface area contributed by atoms with Crippen LogP contribution in [0.5, 0.6) is 0 Å². The summed E-state index contributed by atoms with van der Waals surface area (Å²) in [6.45, 7) is 6.98. The van der Waals surface area contributed by atoms with E-state index in [1.54, 1.807) is 12.1 Å². The van der Waals surface area contributed by atoms with Crippen molar-refractivity contribution >= 4 is 17.5 Å². The lowest BCUT2D eigenvalue weighted by atomic mass is 10.0. The molecule has 3 aromatic rings. The summed E-state index contributed by atoms with van der Waals surface area (Å²) in [7, 11) is 0. The monoisotopic (exact) mass is 364 g/mol. The lowest BCUT2D eigenvalue weighted by Gasteiger charge is -2.11. The van der Waals surface area contributed by atoms with Crippen molar-refractivity contribution in [2.24, 2.45) is 0 Å². The molecule has 140 valence electrons. The first-order valence-corrected chi connectivity index (χ1v) is 9.20. The van der Waals surface area contributed by atoms with Crippen molar-refractivity contribution in [3.63, 3.8) is 0 Å². The van der Waals surface area contributed by atoms with Gasteiger partial charge < -0.3 is 10.6 Å². The normalized spacial score (nSPS) is 10.9. The maximum Gasteiger partial charge on any atom is 0.224 e. The van der Waals surface area contributed by atoms with Crippen LogP contribution in [0.15, 0.2) is 54.6 Å². The molecule has 5 heteroatoms. The summed E-state index contributed by atoms with van der Waals surface area (Å²) in [5, 5.41) is 6.58. The van der Waals surface area contributed by atoms with Crippen LogP contribution in [0.25, 0.3) is 0 Å². The summed E-state index contributed by atoms with van der Waals surface area (Å²) < 4.78 is 13.0. The third kappa shape index (κ3) is 5.51. The predicted molar refractivity (Wildman–Crippen MR) is 109 cm³/mol. The first-order chi connectivity index (χ1) is 13.0. The minimum Gasteiger partial charge on any atom is -0.354 e. The molecule has 0 aliphatic rings. The van der Waals surface area contributed by atoms with Crippen LogP contribution in [0.4, 0.5) is 21.8 Å². The highest BCUT2D eigenvalue weighted by molar-refractivity contribution is 5.58. The largest absolute Gasteiger partial charge is 0.354 e. The molecule has 0 fully saturated rings. The predicted octanol–water partition coefficient (Wildman–Crippen LogP) is 5.45. The first kappa shape index (κ1) is 18.8. The molecular formula is C22H25FN4. The summed E-state index contributed by atoms with van der Waals surface area (Å²) in [5.41, 5.74) is 4.26. The average molecular weight is 364 g/mol. The highest BCUT2D eigenvalue weighted by Crippen LogP contribution is 2.20. The Labute approximate surface area is 159 Å².